The number of amides is 1. The smallest absolute Gasteiger partial charge is 0.407 e. The molecule has 0 atom stereocenters. The third-order valence-corrected chi connectivity index (χ3v) is 3.21. The molecular formula is C11H16N4O3. The van der Waals surface area contributed by atoms with Crippen molar-refractivity contribution in [3.05, 3.63) is 22.3 Å². The highest BCUT2D eigenvalue weighted by molar-refractivity contribution is 5.65. The Morgan fingerprint density at radius 1 is 1.56 bits per heavy atom. The first-order valence-electron chi connectivity index (χ1n) is 5.92. The molecule has 7 heteroatoms. The zero-order valence-electron chi connectivity index (χ0n) is 10.2. The number of nitrogens with zero attached hydrogens (tertiary/aromatic N) is 3. The van der Waals surface area contributed by atoms with E-state index < -0.39 is 6.09 Å². The van der Waals surface area contributed by atoms with Crippen molar-refractivity contribution in [2.45, 2.75) is 26.2 Å². The standard InChI is InChI=1S/C11H16N4O3/c1-2-7-10(12)15(18)9-4-6-14(11(16)17)5-3-8(9)13-7/h2-6,12H2,1H3,(H,16,17). The largest absolute Gasteiger partial charge is 0.710 e. The molecule has 1 aromatic heterocycles. The summed E-state index contributed by atoms with van der Waals surface area (Å²) in [6.07, 6.45) is 0.428. The molecule has 3 N–H and O–H groups in total. The summed E-state index contributed by atoms with van der Waals surface area (Å²) in [4.78, 5) is 16.6. The van der Waals surface area contributed by atoms with E-state index in [0.717, 1.165) is 0 Å². The van der Waals surface area contributed by atoms with Crippen LogP contribution in [0.15, 0.2) is 0 Å². The van der Waals surface area contributed by atoms with Crippen LogP contribution in [0.4, 0.5) is 10.6 Å². The Bertz CT molecular complexity index is 490. The molecule has 0 bridgehead atoms. The summed E-state index contributed by atoms with van der Waals surface area (Å²) in [5.41, 5.74) is 7.46. The molecule has 0 spiro atoms. The minimum atomic E-state index is -0.969. The molecule has 0 unspecified atom stereocenters. The van der Waals surface area contributed by atoms with Crippen molar-refractivity contribution >= 4 is 11.9 Å². The SMILES string of the molecule is CCc1nc2c([n+]([O-])c1N)CCN(C(=O)O)CC2. The average Bonchev–Trinajstić information content (AvgIpc) is 2.56. The first kappa shape index (κ1) is 12.4. The fourth-order valence-electron chi connectivity index (χ4n) is 2.16. The van der Waals surface area contributed by atoms with Crippen LogP contribution in [-0.2, 0) is 19.3 Å². The molecule has 0 radical (unpaired) electrons. The number of nitrogens with two attached hydrogens (primary N) is 1. The molecule has 7 nitrogen and oxygen atoms in total. The minimum absolute atomic E-state index is 0.125. The molecule has 18 heavy (non-hydrogen) atoms. The number of carboxylic acid groups (broad SMARTS) is 1. The topological polar surface area (TPSA) is 106 Å². The van der Waals surface area contributed by atoms with Crippen LogP contribution in [0.3, 0.4) is 0 Å². The lowest BCUT2D eigenvalue weighted by Crippen LogP contribution is -2.39. The summed E-state index contributed by atoms with van der Waals surface area (Å²) in [5, 5.41) is 21.0. The van der Waals surface area contributed by atoms with E-state index in [0.29, 0.717) is 54.2 Å². The van der Waals surface area contributed by atoms with E-state index in [4.69, 9.17) is 10.8 Å². The van der Waals surface area contributed by atoms with Gasteiger partial charge in [-0.1, -0.05) is 6.92 Å². The molecule has 1 aliphatic rings. The van der Waals surface area contributed by atoms with Crippen LogP contribution in [0.2, 0.25) is 0 Å². The van der Waals surface area contributed by atoms with Gasteiger partial charge in [0.2, 0.25) is 0 Å². The van der Waals surface area contributed by atoms with E-state index >= 15 is 0 Å². The third-order valence-electron chi connectivity index (χ3n) is 3.21. The number of anilines is 1. The van der Waals surface area contributed by atoms with Crippen molar-refractivity contribution in [1.29, 1.82) is 0 Å². The van der Waals surface area contributed by atoms with Crippen LogP contribution in [0, 0.1) is 5.21 Å². The van der Waals surface area contributed by atoms with Gasteiger partial charge >= 0.3 is 6.09 Å². The Labute approximate surface area is 104 Å². The van der Waals surface area contributed by atoms with E-state index in [1.807, 2.05) is 6.92 Å². The first-order chi connectivity index (χ1) is 8.54. The van der Waals surface area contributed by atoms with Crippen LogP contribution in [0.1, 0.15) is 24.0 Å². The second kappa shape index (κ2) is 4.67. The zero-order valence-corrected chi connectivity index (χ0v) is 10.2. The van der Waals surface area contributed by atoms with Gasteiger partial charge in [0.05, 0.1) is 5.69 Å². The molecular weight excluding hydrogens is 236 g/mol. The molecule has 0 fully saturated rings. The molecule has 2 heterocycles. The van der Waals surface area contributed by atoms with Crippen LogP contribution < -0.4 is 10.5 Å². The van der Waals surface area contributed by atoms with Crippen LogP contribution in [0.25, 0.3) is 0 Å². The second-order valence-electron chi connectivity index (χ2n) is 4.25. The molecule has 0 saturated carbocycles. The number of hydrogen-bond donors (Lipinski definition) is 2. The van der Waals surface area contributed by atoms with Crippen molar-refractivity contribution in [2.75, 3.05) is 18.8 Å². The quantitative estimate of drug-likeness (QED) is 0.538. The number of nitrogen functional groups attached to an aromatic ring is 1. The number of fused-ring (bicyclic) bond motifs is 1. The van der Waals surface area contributed by atoms with Crippen molar-refractivity contribution in [1.82, 2.24) is 9.88 Å². The summed E-state index contributed by atoms with van der Waals surface area (Å²) in [6.45, 7) is 2.55. The van der Waals surface area contributed by atoms with Crippen molar-refractivity contribution in [3.63, 3.8) is 0 Å². The molecule has 2 rings (SSSR count). The maximum Gasteiger partial charge on any atom is 0.407 e. The third kappa shape index (κ3) is 2.03. The second-order valence-corrected chi connectivity index (χ2v) is 4.25. The fourth-order valence-corrected chi connectivity index (χ4v) is 2.16. The van der Waals surface area contributed by atoms with Gasteiger partial charge in [-0.25, -0.2) is 14.5 Å². The number of hydrogen-bond acceptors (Lipinski definition) is 4. The van der Waals surface area contributed by atoms with Crippen molar-refractivity contribution < 1.29 is 14.6 Å². The maximum absolute atomic E-state index is 12.0. The van der Waals surface area contributed by atoms with Gasteiger partial charge in [-0.15, -0.1) is 0 Å². The molecule has 0 aromatic carbocycles. The Balaban J connectivity index is 2.39. The summed E-state index contributed by atoms with van der Waals surface area (Å²) < 4.78 is 0.701. The Kier molecular flexibility index (Phi) is 3.22. The predicted molar refractivity (Wildman–Crippen MR) is 64.0 cm³/mol. The van der Waals surface area contributed by atoms with Crippen molar-refractivity contribution in [3.8, 4) is 0 Å². The van der Waals surface area contributed by atoms with Gasteiger partial charge in [0.15, 0.2) is 0 Å². The highest BCUT2D eigenvalue weighted by Crippen LogP contribution is 2.15. The zero-order chi connectivity index (χ0) is 13.3. The van der Waals surface area contributed by atoms with E-state index in [1.165, 1.54) is 4.90 Å². The lowest BCUT2D eigenvalue weighted by atomic mass is 10.2. The number of carbonyl (C=O) groups is 1. The van der Waals surface area contributed by atoms with Crippen LogP contribution in [0.5, 0.6) is 0 Å². The molecule has 0 saturated heterocycles. The monoisotopic (exact) mass is 252 g/mol. The number of aromatic nitrogens is 2. The summed E-state index contributed by atoms with van der Waals surface area (Å²) >= 11 is 0. The van der Waals surface area contributed by atoms with E-state index in [2.05, 4.69) is 4.98 Å². The van der Waals surface area contributed by atoms with Gasteiger partial charge in [-0.3, -0.25) is 5.73 Å². The highest BCUT2D eigenvalue weighted by Gasteiger charge is 2.24. The molecule has 98 valence electrons. The van der Waals surface area contributed by atoms with Gasteiger partial charge in [0.1, 0.15) is 11.4 Å². The predicted octanol–water partition coefficient (Wildman–Crippen LogP) is -0.0618. The molecule has 0 aliphatic carbocycles. The van der Waals surface area contributed by atoms with E-state index in [9.17, 15) is 10.0 Å². The number of rotatable bonds is 1. The molecule has 1 aromatic rings. The summed E-state index contributed by atoms with van der Waals surface area (Å²) in [7, 11) is 0. The van der Waals surface area contributed by atoms with Crippen LogP contribution >= 0.6 is 0 Å². The Morgan fingerprint density at radius 3 is 2.83 bits per heavy atom. The van der Waals surface area contributed by atoms with Gasteiger partial charge < -0.3 is 15.2 Å². The lowest BCUT2D eigenvalue weighted by molar-refractivity contribution is -0.600. The fraction of sp³-hybridized carbons (Fsp3) is 0.545. The van der Waals surface area contributed by atoms with Gasteiger partial charge in [-0.2, -0.15) is 0 Å². The van der Waals surface area contributed by atoms with Crippen molar-refractivity contribution in [2.24, 2.45) is 0 Å². The highest BCUT2D eigenvalue weighted by atomic mass is 16.5. The van der Waals surface area contributed by atoms with Gasteiger partial charge in [0, 0.05) is 25.9 Å². The molecule has 1 amide bonds. The lowest BCUT2D eigenvalue weighted by Gasteiger charge is -2.15. The number of aryl methyl sites for hydroxylation is 1. The van der Waals surface area contributed by atoms with E-state index in [-0.39, 0.29) is 5.82 Å². The van der Waals surface area contributed by atoms with Gasteiger partial charge in [0.25, 0.3) is 5.82 Å². The first-order valence-corrected chi connectivity index (χ1v) is 5.92. The Morgan fingerprint density at radius 2 is 2.22 bits per heavy atom. The van der Waals surface area contributed by atoms with Crippen LogP contribution in [-0.4, -0.2) is 34.2 Å². The summed E-state index contributed by atoms with van der Waals surface area (Å²) in [5.74, 6) is 0.125. The summed E-state index contributed by atoms with van der Waals surface area (Å²) in [6, 6.07) is 0. The Hall–Kier alpha value is -2.05. The minimum Gasteiger partial charge on any atom is -0.710 e. The normalized spacial score (nSPS) is 15.1. The maximum atomic E-state index is 12.0. The molecule has 1 aliphatic heterocycles. The van der Waals surface area contributed by atoms with Gasteiger partial charge in [-0.05, 0) is 6.42 Å². The average molecular weight is 252 g/mol. The van der Waals surface area contributed by atoms with E-state index in [1.54, 1.807) is 0 Å².